The highest BCUT2D eigenvalue weighted by atomic mass is 16.1. The molecule has 0 bridgehead atoms. The van der Waals surface area contributed by atoms with Crippen molar-refractivity contribution in [1.82, 2.24) is 0 Å². The SMILES string of the molecule is CC1(C)CC=C(c2cc(C3(C#N)CCCCC3)ccc2C(N)=O)CC1. The topological polar surface area (TPSA) is 66.9 Å². The smallest absolute Gasteiger partial charge is 0.249 e. The second-order valence-electron chi connectivity index (χ2n) is 8.48. The number of carbonyl (C=O) groups is 1. The average molecular weight is 336 g/mol. The minimum atomic E-state index is -0.405. The van der Waals surface area contributed by atoms with Crippen molar-refractivity contribution in [2.45, 2.75) is 70.6 Å². The average Bonchev–Trinajstić information content (AvgIpc) is 2.61. The Morgan fingerprint density at radius 2 is 1.88 bits per heavy atom. The summed E-state index contributed by atoms with van der Waals surface area (Å²) in [5.41, 5.74) is 9.33. The second kappa shape index (κ2) is 6.67. The Kier molecular flexibility index (Phi) is 4.73. The van der Waals surface area contributed by atoms with Crippen LogP contribution in [0.3, 0.4) is 0 Å². The molecule has 0 atom stereocenters. The van der Waals surface area contributed by atoms with Crippen LogP contribution in [0.2, 0.25) is 0 Å². The summed E-state index contributed by atoms with van der Waals surface area (Å²) >= 11 is 0. The highest BCUT2D eigenvalue weighted by molar-refractivity contribution is 5.98. The van der Waals surface area contributed by atoms with Gasteiger partial charge in [0, 0.05) is 5.56 Å². The van der Waals surface area contributed by atoms with E-state index in [4.69, 9.17) is 5.73 Å². The molecule has 3 rings (SSSR count). The maximum atomic E-state index is 12.0. The fourth-order valence-corrected chi connectivity index (χ4v) is 4.26. The zero-order valence-electron chi connectivity index (χ0n) is 15.4. The highest BCUT2D eigenvalue weighted by Crippen LogP contribution is 2.42. The Morgan fingerprint density at radius 1 is 1.16 bits per heavy atom. The van der Waals surface area contributed by atoms with Crippen LogP contribution in [-0.2, 0) is 5.41 Å². The number of carbonyl (C=O) groups excluding carboxylic acids is 1. The van der Waals surface area contributed by atoms with Crippen LogP contribution in [0.4, 0.5) is 0 Å². The standard InChI is InChI=1S/C22H28N2O/c1-21(2)12-8-16(9-13-21)19-14-17(6-7-18(19)20(24)25)22(15-23)10-4-3-5-11-22/h6-8,14H,3-5,9-13H2,1-2H3,(H2,24,25). The first-order valence-electron chi connectivity index (χ1n) is 9.42. The van der Waals surface area contributed by atoms with Crippen molar-refractivity contribution in [2.24, 2.45) is 11.1 Å². The lowest BCUT2D eigenvalue weighted by molar-refractivity contribution is 0.1000. The van der Waals surface area contributed by atoms with Gasteiger partial charge in [0.2, 0.25) is 5.91 Å². The third-order valence-corrected chi connectivity index (χ3v) is 6.08. The van der Waals surface area contributed by atoms with E-state index in [1.54, 1.807) is 0 Å². The lowest BCUT2D eigenvalue weighted by Crippen LogP contribution is -2.27. The number of benzene rings is 1. The molecule has 1 fully saturated rings. The van der Waals surface area contributed by atoms with Gasteiger partial charge in [-0.2, -0.15) is 5.26 Å². The summed E-state index contributed by atoms with van der Waals surface area (Å²) in [4.78, 5) is 12.0. The molecule has 1 aromatic carbocycles. The third kappa shape index (κ3) is 3.49. The fourth-order valence-electron chi connectivity index (χ4n) is 4.26. The van der Waals surface area contributed by atoms with Crippen LogP contribution >= 0.6 is 0 Å². The van der Waals surface area contributed by atoms with Crippen molar-refractivity contribution in [3.8, 4) is 6.07 Å². The van der Waals surface area contributed by atoms with Gasteiger partial charge in [-0.3, -0.25) is 4.79 Å². The Morgan fingerprint density at radius 3 is 2.44 bits per heavy atom. The van der Waals surface area contributed by atoms with Crippen LogP contribution in [0, 0.1) is 16.7 Å². The van der Waals surface area contributed by atoms with Gasteiger partial charge in [-0.15, -0.1) is 0 Å². The van der Waals surface area contributed by atoms with Crippen LogP contribution in [0.15, 0.2) is 24.3 Å². The normalized spacial score (nSPS) is 21.9. The molecule has 0 heterocycles. The van der Waals surface area contributed by atoms with Crippen LogP contribution in [0.5, 0.6) is 0 Å². The monoisotopic (exact) mass is 336 g/mol. The summed E-state index contributed by atoms with van der Waals surface area (Å²) in [6.45, 7) is 4.55. The fraction of sp³-hybridized carbons (Fsp3) is 0.545. The lowest BCUT2D eigenvalue weighted by atomic mass is 9.69. The maximum absolute atomic E-state index is 12.0. The molecule has 1 amide bonds. The first kappa shape index (κ1) is 17.7. The Bertz CT molecular complexity index is 746. The van der Waals surface area contributed by atoms with Gasteiger partial charge in [-0.1, -0.05) is 45.3 Å². The first-order chi connectivity index (χ1) is 11.9. The minimum absolute atomic E-state index is 0.311. The predicted molar refractivity (Wildman–Crippen MR) is 101 cm³/mol. The summed E-state index contributed by atoms with van der Waals surface area (Å²) in [5.74, 6) is -0.387. The molecule has 0 radical (unpaired) electrons. The van der Waals surface area contributed by atoms with Gasteiger partial charge in [-0.05, 0) is 66.4 Å². The Labute approximate surface area is 150 Å². The van der Waals surface area contributed by atoms with E-state index >= 15 is 0 Å². The molecule has 0 aromatic heterocycles. The Hall–Kier alpha value is -2.08. The summed E-state index contributed by atoms with van der Waals surface area (Å²) < 4.78 is 0. The van der Waals surface area contributed by atoms with Gasteiger partial charge < -0.3 is 5.73 Å². The quantitative estimate of drug-likeness (QED) is 0.834. The summed E-state index contributed by atoms with van der Waals surface area (Å²) in [6.07, 6.45) is 10.5. The number of amides is 1. The molecule has 2 aliphatic carbocycles. The van der Waals surface area contributed by atoms with Gasteiger partial charge in [0.15, 0.2) is 0 Å². The number of allylic oxidation sites excluding steroid dienone is 2. The molecule has 0 unspecified atom stereocenters. The van der Waals surface area contributed by atoms with E-state index in [-0.39, 0.29) is 5.91 Å². The van der Waals surface area contributed by atoms with Gasteiger partial charge in [-0.25, -0.2) is 0 Å². The Balaban J connectivity index is 2.06. The predicted octanol–water partition coefficient (Wildman–Crippen LogP) is 5.10. The van der Waals surface area contributed by atoms with Crippen LogP contribution in [0.1, 0.15) is 86.7 Å². The summed E-state index contributed by atoms with van der Waals surface area (Å²) in [5, 5.41) is 9.89. The number of nitrogens with zero attached hydrogens (tertiary/aromatic N) is 1. The molecule has 2 aliphatic rings. The van der Waals surface area contributed by atoms with Crippen molar-refractivity contribution in [3.63, 3.8) is 0 Å². The van der Waals surface area contributed by atoms with E-state index in [1.165, 1.54) is 12.0 Å². The van der Waals surface area contributed by atoms with Gasteiger partial charge in [0.25, 0.3) is 0 Å². The number of rotatable bonds is 3. The molecule has 3 heteroatoms. The van der Waals surface area contributed by atoms with Crippen LogP contribution < -0.4 is 5.73 Å². The number of primary amides is 1. The van der Waals surface area contributed by atoms with E-state index in [1.807, 2.05) is 12.1 Å². The molecule has 25 heavy (non-hydrogen) atoms. The minimum Gasteiger partial charge on any atom is -0.366 e. The molecule has 3 nitrogen and oxygen atoms in total. The van der Waals surface area contributed by atoms with E-state index in [9.17, 15) is 10.1 Å². The van der Waals surface area contributed by atoms with Crippen molar-refractivity contribution in [2.75, 3.05) is 0 Å². The molecule has 132 valence electrons. The van der Waals surface area contributed by atoms with Crippen molar-refractivity contribution in [3.05, 3.63) is 41.0 Å². The number of hydrogen-bond donors (Lipinski definition) is 1. The van der Waals surface area contributed by atoms with Crippen LogP contribution in [-0.4, -0.2) is 5.91 Å². The lowest BCUT2D eigenvalue weighted by Gasteiger charge is -2.33. The second-order valence-corrected chi connectivity index (χ2v) is 8.48. The largest absolute Gasteiger partial charge is 0.366 e. The first-order valence-corrected chi connectivity index (χ1v) is 9.42. The van der Waals surface area contributed by atoms with E-state index in [0.29, 0.717) is 11.0 Å². The molecule has 1 aromatic rings. The maximum Gasteiger partial charge on any atom is 0.249 e. The van der Waals surface area contributed by atoms with E-state index < -0.39 is 5.41 Å². The summed E-state index contributed by atoms with van der Waals surface area (Å²) in [7, 11) is 0. The zero-order valence-corrected chi connectivity index (χ0v) is 15.4. The van der Waals surface area contributed by atoms with Gasteiger partial charge in [0.05, 0.1) is 11.5 Å². The highest BCUT2D eigenvalue weighted by Gasteiger charge is 2.35. The third-order valence-electron chi connectivity index (χ3n) is 6.08. The zero-order chi connectivity index (χ0) is 18.1. The summed E-state index contributed by atoms with van der Waals surface area (Å²) in [6, 6.07) is 8.46. The molecular formula is C22H28N2O. The van der Waals surface area contributed by atoms with Crippen molar-refractivity contribution in [1.29, 1.82) is 5.26 Å². The van der Waals surface area contributed by atoms with E-state index in [0.717, 1.165) is 56.1 Å². The van der Waals surface area contributed by atoms with Crippen molar-refractivity contribution < 1.29 is 4.79 Å². The number of nitriles is 1. The van der Waals surface area contributed by atoms with Gasteiger partial charge in [0.1, 0.15) is 0 Å². The molecule has 1 saturated carbocycles. The van der Waals surface area contributed by atoms with Crippen molar-refractivity contribution >= 4 is 11.5 Å². The molecule has 0 aliphatic heterocycles. The molecule has 2 N–H and O–H groups in total. The molecular weight excluding hydrogens is 308 g/mol. The molecule has 0 spiro atoms. The van der Waals surface area contributed by atoms with Gasteiger partial charge >= 0.3 is 0 Å². The molecule has 0 saturated heterocycles. The number of hydrogen-bond acceptors (Lipinski definition) is 2. The van der Waals surface area contributed by atoms with E-state index in [2.05, 4.69) is 32.1 Å². The number of nitrogens with two attached hydrogens (primary N) is 1. The van der Waals surface area contributed by atoms with Crippen LogP contribution in [0.25, 0.3) is 5.57 Å².